The summed E-state index contributed by atoms with van der Waals surface area (Å²) in [5.41, 5.74) is 5.45. The van der Waals surface area contributed by atoms with Crippen LogP contribution in [0.1, 0.15) is 31.3 Å². The maximum atomic E-state index is 12.3. The number of rotatable bonds is 5. The number of aryl methyl sites for hydroxylation is 1. The van der Waals surface area contributed by atoms with Crippen molar-refractivity contribution in [2.45, 2.75) is 50.3 Å². The van der Waals surface area contributed by atoms with Crippen molar-refractivity contribution in [2.75, 3.05) is 6.61 Å². The minimum Gasteiger partial charge on any atom is -0.464 e. The molecule has 1 aliphatic heterocycles. The lowest BCUT2D eigenvalue weighted by Gasteiger charge is -2.19. The molecule has 0 bridgehead atoms. The predicted octanol–water partition coefficient (Wildman–Crippen LogP) is 0.893. The minimum atomic E-state index is -3.60. The summed E-state index contributed by atoms with van der Waals surface area (Å²) >= 11 is 0. The summed E-state index contributed by atoms with van der Waals surface area (Å²) in [6, 6.07) is 1.21. The van der Waals surface area contributed by atoms with Gasteiger partial charge in [-0.25, -0.2) is 13.1 Å². The average Bonchev–Trinajstić information content (AvgIpc) is 2.96. The molecule has 1 saturated heterocycles. The van der Waals surface area contributed by atoms with Crippen LogP contribution in [0.25, 0.3) is 0 Å². The molecular formula is C12H20N2O4S. The van der Waals surface area contributed by atoms with Crippen LogP contribution in [0, 0.1) is 6.92 Å². The number of furan rings is 1. The van der Waals surface area contributed by atoms with Gasteiger partial charge in [0.25, 0.3) is 0 Å². The second-order valence-electron chi connectivity index (χ2n) is 4.80. The molecule has 6 nitrogen and oxygen atoms in total. The molecule has 2 atom stereocenters. The second-order valence-corrected chi connectivity index (χ2v) is 6.48. The average molecular weight is 288 g/mol. The van der Waals surface area contributed by atoms with E-state index in [1.54, 1.807) is 6.92 Å². The third-order valence-corrected chi connectivity index (χ3v) is 4.94. The topological polar surface area (TPSA) is 94.6 Å². The highest BCUT2D eigenvalue weighted by atomic mass is 32.2. The zero-order valence-electron chi connectivity index (χ0n) is 11.2. The van der Waals surface area contributed by atoms with Crippen LogP contribution >= 0.6 is 0 Å². The molecule has 0 spiro atoms. The number of hydrogen-bond acceptors (Lipinski definition) is 5. The lowest BCUT2D eigenvalue weighted by molar-refractivity contribution is 0.0902. The number of nitrogens with one attached hydrogen (secondary N) is 1. The molecule has 3 N–H and O–H groups in total. The molecular weight excluding hydrogens is 268 g/mol. The molecule has 2 unspecified atom stereocenters. The molecule has 7 heteroatoms. The van der Waals surface area contributed by atoms with E-state index in [9.17, 15) is 8.42 Å². The normalized spacial score (nSPS) is 21.7. The fraction of sp³-hybridized carbons (Fsp3) is 0.667. The van der Waals surface area contributed by atoms with Crippen molar-refractivity contribution < 1.29 is 17.6 Å². The molecule has 1 fully saturated rings. The Labute approximate surface area is 113 Å². The first-order chi connectivity index (χ1) is 8.94. The van der Waals surface area contributed by atoms with E-state index in [4.69, 9.17) is 14.9 Å². The van der Waals surface area contributed by atoms with Gasteiger partial charge in [-0.15, -0.1) is 0 Å². The van der Waals surface area contributed by atoms with Crippen LogP contribution < -0.4 is 10.5 Å². The van der Waals surface area contributed by atoms with E-state index in [2.05, 4.69) is 4.72 Å². The largest absolute Gasteiger partial charge is 0.464 e. The van der Waals surface area contributed by atoms with E-state index in [0.717, 1.165) is 12.8 Å². The SMILES string of the molecule is Cc1oc(CN)cc1S(=O)(=O)NC(C)C1CCCO1. The number of ether oxygens (including phenoxy) is 1. The monoisotopic (exact) mass is 288 g/mol. The highest BCUT2D eigenvalue weighted by Crippen LogP contribution is 2.22. The highest BCUT2D eigenvalue weighted by molar-refractivity contribution is 7.89. The summed E-state index contributed by atoms with van der Waals surface area (Å²) in [5.74, 6) is 0.815. The quantitative estimate of drug-likeness (QED) is 0.839. The summed E-state index contributed by atoms with van der Waals surface area (Å²) in [4.78, 5) is 0.151. The van der Waals surface area contributed by atoms with Crippen molar-refractivity contribution in [1.82, 2.24) is 4.72 Å². The molecule has 1 aromatic heterocycles. The molecule has 0 amide bonds. The Balaban J connectivity index is 2.14. The predicted molar refractivity (Wildman–Crippen MR) is 70.1 cm³/mol. The van der Waals surface area contributed by atoms with Crippen molar-refractivity contribution in [2.24, 2.45) is 5.73 Å². The summed E-state index contributed by atoms with van der Waals surface area (Å²) in [7, 11) is -3.60. The lowest BCUT2D eigenvalue weighted by atomic mass is 10.1. The van der Waals surface area contributed by atoms with E-state index in [1.807, 2.05) is 6.92 Å². The number of nitrogens with two attached hydrogens (primary N) is 1. The van der Waals surface area contributed by atoms with E-state index >= 15 is 0 Å². The molecule has 2 rings (SSSR count). The van der Waals surface area contributed by atoms with Gasteiger partial charge in [-0.05, 0) is 26.7 Å². The van der Waals surface area contributed by atoms with E-state index < -0.39 is 10.0 Å². The van der Waals surface area contributed by atoms with Crippen molar-refractivity contribution >= 4 is 10.0 Å². The van der Waals surface area contributed by atoms with Crippen LogP contribution in [-0.2, 0) is 21.3 Å². The van der Waals surface area contributed by atoms with Crippen LogP contribution in [0.5, 0.6) is 0 Å². The summed E-state index contributed by atoms with van der Waals surface area (Å²) in [6.07, 6.45) is 1.79. The van der Waals surface area contributed by atoms with Crippen LogP contribution in [0.4, 0.5) is 0 Å². The first-order valence-corrected chi connectivity index (χ1v) is 7.85. The highest BCUT2D eigenvalue weighted by Gasteiger charge is 2.29. The zero-order valence-corrected chi connectivity index (χ0v) is 12.0. The molecule has 1 aliphatic rings. The molecule has 0 aromatic carbocycles. The van der Waals surface area contributed by atoms with Gasteiger partial charge in [-0.1, -0.05) is 0 Å². The van der Waals surface area contributed by atoms with E-state index in [-0.39, 0.29) is 23.6 Å². The molecule has 0 saturated carbocycles. The smallest absolute Gasteiger partial charge is 0.244 e. The maximum Gasteiger partial charge on any atom is 0.244 e. The Morgan fingerprint density at radius 1 is 1.58 bits per heavy atom. The van der Waals surface area contributed by atoms with Gasteiger partial charge >= 0.3 is 0 Å². The fourth-order valence-electron chi connectivity index (χ4n) is 2.27. The fourth-order valence-corrected chi connectivity index (χ4v) is 3.75. The first kappa shape index (κ1) is 14.5. The molecule has 2 heterocycles. The Bertz CT molecular complexity index is 532. The van der Waals surface area contributed by atoms with Crippen molar-refractivity contribution in [3.8, 4) is 0 Å². The van der Waals surface area contributed by atoms with Crippen LogP contribution in [0.3, 0.4) is 0 Å². The summed E-state index contributed by atoms with van der Waals surface area (Å²) in [5, 5.41) is 0. The van der Waals surface area contributed by atoms with Crippen molar-refractivity contribution in [3.63, 3.8) is 0 Å². The van der Waals surface area contributed by atoms with E-state index in [1.165, 1.54) is 6.07 Å². The van der Waals surface area contributed by atoms with Crippen LogP contribution in [-0.4, -0.2) is 27.2 Å². The molecule has 108 valence electrons. The van der Waals surface area contributed by atoms with Crippen molar-refractivity contribution in [3.05, 3.63) is 17.6 Å². The first-order valence-electron chi connectivity index (χ1n) is 6.37. The molecule has 0 radical (unpaired) electrons. The Kier molecular flexibility index (Phi) is 4.29. The van der Waals surface area contributed by atoms with Crippen molar-refractivity contribution in [1.29, 1.82) is 0 Å². The van der Waals surface area contributed by atoms with Gasteiger partial charge in [0.15, 0.2) is 0 Å². The third kappa shape index (κ3) is 3.17. The van der Waals surface area contributed by atoms with E-state index in [0.29, 0.717) is 18.1 Å². The maximum absolute atomic E-state index is 12.3. The van der Waals surface area contributed by atoms with Gasteiger partial charge in [0, 0.05) is 18.7 Å². The van der Waals surface area contributed by atoms with Gasteiger partial charge in [0.1, 0.15) is 16.4 Å². The third-order valence-electron chi connectivity index (χ3n) is 3.28. The Hall–Kier alpha value is -0.890. The van der Waals surface area contributed by atoms with Gasteiger partial charge < -0.3 is 14.9 Å². The summed E-state index contributed by atoms with van der Waals surface area (Å²) in [6.45, 7) is 4.30. The standard InChI is InChI=1S/C12H20N2O4S/c1-8(11-4-3-5-17-11)14-19(15,16)12-6-10(7-13)18-9(12)2/h6,8,11,14H,3-5,7,13H2,1-2H3. The Morgan fingerprint density at radius 2 is 2.32 bits per heavy atom. The van der Waals surface area contributed by atoms with Crippen LogP contribution in [0.15, 0.2) is 15.4 Å². The molecule has 1 aromatic rings. The Morgan fingerprint density at radius 3 is 2.84 bits per heavy atom. The minimum absolute atomic E-state index is 0.0593. The second kappa shape index (κ2) is 5.62. The lowest BCUT2D eigenvalue weighted by Crippen LogP contribution is -2.40. The number of sulfonamides is 1. The van der Waals surface area contributed by atoms with Crippen LogP contribution in [0.2, 0.25) is 0 Å². The van der Waals surface area contributed by atoms with Gasteiger partial charge in [-0.3, -0.25) is 0 Å². The molecule has 0 aliphatic carbocycles. The summed E-state index contributed by atoms with van der Waals surface area (Å²) < 4.78 is 38.0. The number of hydrogen-bond donors (Lipinski definition) is 2. The van der Waals surface area contributed by atoms with Gasteiger partial charge in [-0.2, -0.15) is 0 Å². The van der Waals surface area contributed by atoms with Gasteiger partial charge in [0.05, 0.1) is 12.6 Å². The van der Waals surface area contributed by atoms with Gasteiger partial charge in [0.2, 0.25) is 10.0 Å². The molecule has 19 heavy (non-hydrogen) atoms. The zero-order chi connectivity index (χ0) is 14.0.